The zero-order chi connectivity index (χ0) is 15.5. The van der Waals surface area contributed by atoms with Crippen LogP contribution in [0.15, 0.2) is 17.0 Å². The Labute approximate surface area is 128 Å². The number of rotatable bonds is 6. The maximum Gasteiger partial charge on any atom is 0.242 e. The summed E-state index contributed by atoms with van der Waals surface area (Å²) in [6.07, 6.45) is 0.573. The van der Waals surface area contributed by atoms with Crippen molar-refractivity contribution in [1.82, 2.24) is 4.72 Å². The topological polar surface area (TPSA) is 72.2 Å². The first-order valence-electron chi connectivity index (χ1n) is 6.05. The number of benzene rings is 1. The molecular weight excluding hydrogens is 326 g/mol. The number of sulfonamides is 1. The van der Waals surface area contributed by atoms with Crippen LogP contribution in [-0.4, -0.2) is 21.0 Å². The Hall–Kier alpha value is -0.400. The van der Waals surface area contributed by atoms with Crippen molar-refractivity contribution in [2.75, 3.05) is 6.54 Å². The Kier molecular flexibility index (Phi) is 6.22. The van der Waals surface area contributed by atoms with E-state index in [1.165, 1.54) is 6.07 Å². The molecule has 0 saturated heterocycles. The second kappa shape index (κ2) is 7.04. The summed E-state index contributed by atoms with van der Waals surface area (Å²) in [5, 5.41) is -0.753. The van der Waals surface area contributed by atoms with Gasteiger partial charge in [0.15, 0.2) is 5.82 Å². The summed E-state index contributed by atoms with van der Waals surface area (Å²) in [4.78, 5) is -0.344. The Bertz CT molecular complexity index is 579. The normalized spacial score (nSPS) is 13.8. The molecule has 0 aromatic heterocycles. The molecule has 3 N–H and O–H groups in total. The van der Waals surface area contributed by atoms with Gasteiger partial charge in [-0.15, -0.1) is 0 Å². The average Bonchev–Trinajstić information content (AvgIpc) is 2.33. The van der Waals surface area contributed by atoms with Gasteiger partial charge in [0.1, 0.15) is 4.90 Å². The molecule has 0 amide bonds. The lowest BCUT2D eigenvalue weighted by atomic mass is 10.1. The minimum Gasteiger partial charge on any atom is -0.329 e. The van der Waals surface area contributed by atoms with Gasteiger partial charge in [-0.25, -0.2) is 17.5 Å². The lowest BCUT2D eigenvalue weighted by Gasteiger charge is -2.19. The van der Waals surface area contributed by atoms with E-state index in [0.29, 0.717) is 6.42 Å². The van der Waals surface area contributed by atoms with E-state index in [0.717, 1.165) is 6.07 Å². The summed E-state index contributed by atoms with van der Waals surface area (Å²) < 4.78 is 40.4. The molecule has 0 fully saturated rings. The van der Waals surface area contributed by atoms with Gasteiger partial charge in [0, 0.05) is 12.6 Å². The van der Waals surface area contributed by atoms with Crippen molar-refractivity contribution in [3.63, 3.8) is 0 Å². The van der Waals surface area contributed by atoms with Gasteiger partial charge in [-0.3, -0.25) is 0 Å². The van der Waals surface area contributed by atoms with Gasteiger partial charge in [0.05, 0.1) is 10.0 Å². The van der Waals surface area contributed by atoms with Crippen molar-refractivity contribution in [3.8, 4) is 0 Å². The maximum atomic E-state index is 13.6. The molecule has 0 aliphatic heterocycles. The van der Waals surface area contributed by atoms with Gasteiger partial charge in [-0.05, 0) is 24.5 Å². The Morgan fingerprint density at radius 1 is 1.35 bits per heavy atom. The van der Waals surface area contributed by atoms with Crippen molar-refractivity contribution < 1.29 is 12.8 Å². The van der Waals surface area contributed by atoms with Gasteiger partial charge in [-0.2, -0.15) is 0 Å². The van der Waals surface area contributed by atoms with E-state index in [2.05, 4.69) is 4.72 Å². The molecule has 0 radical (unpaired) electrons. The lowest BCUT2D eigenvalue weighted by molar-refractivity contribution is 0.465. The number of hydrogen-bond acceptors (Lipinski definition) is 3. The lowest BCUT2D eigenvalue weighted by Crippen LogP contribution is -2.41. The fourth-order valence-corrected chi connectivity index (χ4v) is 3.77. The monoisotopic (exact) mass is 342 g/mol. The highest BCUT2D eigenvalue weighted by molar-refractivity contribution is 7.89. The SMILES string of the molecule is CC(C)CC(CN)NS(=O)(=O)c1ccc(Cl)c(F)c1Cl. The number of nitrogens with one attached hydrogen (secondary N) is 1. The Morgan fingerprint density at radius 2 is 1.95 bits per heavy atom. The first-order valence-corrected chi connectivity index (χ1v) is 8.28. The van der Waals surface area contributed by atoms with Crippen molar-refractivity contribution in [2.24, 2.45) is 11.7 Å². The molecule has 1 unspecified atom stereocenters. The van der Waals surface area contributed by atoms with E-state index in [-0.39, 0.29) is 22.4 Å². The highest BCUT2D eigenvalue weighted by atomic mass is 35.5. The zero-order valence-corrected chi connectivity index (χ0v) is 13.5. The first kappa shape index (κ1) is 17.7. The zero-order valence-electron chi connectivity index (χ0n) is 11.2. The molecule has 0 aliphatic carbocycles. The predicted molar refractivity (Wildman–Crippen MR) is 79.0 cm³/mol. The van der Waals surface area contributed by atoms with Gasteiger partial charge >= 0.3 is 0 Å². The van der Waals surface area contributed by atoms with Crippen molar-refractivity contribution in [1.29, 1.82) is 0 Å². The number of nitrogens with two attached hydrogens (primary N) is 1. The number of hydrogen-bond donors (Lipinski definition) is 2. The van der Waals surface area contributed by atoms with Crippen molar-refractivity contribution in [3.05, 3.63) is 28.0 Å². The van der Waals surface area contributed by atoms with Crippen LogP contribution < -0.4 is 10.5 Å². The quantitative estimate of drug-likeness (QED) is 0.780. The van der Waals surface area contributed by atoms with E-state index in [4.69, 9.17) is 28.9 Å². The minimum atomic E-state index is -3.95. The van der Waals surface area contributed by atoms with Gasteiger partial charge in [0.2, 0.25) is 10.0 Å². The van der Waals surface area contributed by atoms with Crippen LogP contribution in [-0.2, 0) is 10.0 Å². The van der Waals surface area contributed by atoms with Crippen LogP contribution in [0.25, 0.3) is 0 Å². The van der Waals surface area contributed by atoms with Crippen LogP contribution in [0.5, 0.6) is 0 Å². The van der Waals surface area contributed by atoms with Crippen LogP contribution in [0.2, 0.25) is 10.0 Å². The molecule has 1 atom stereocenters. The molecular formula is C12H17Cl2FN2O2S. The van der Waals surface area contributed by atoms with Gasteiger partial charge < -0.3 is 5.73 Å². The summed E-state index contributed by atoms with van der Waals surface area (Å²) in [6.45, 7) is 4.04. The second-order valence-electron chi connectivity index (χ2n) is 4.86. The Balaban J connectivity index is 3.08. The van der Waals surface area contributed by atoms with Crippen LogP contribution >= 0.6 is 23.2 Å². The van der Waals surface area contributed by atoms with E-state index >= 15 is 0 Å². The summed E-state index contributed by atoms with van der Waals surface area (Å²) in [6, 6.07) is 1.88. The molecule has 0 saturated carbocycles. The van der Waals surface area contributed by atoms with E-state index in [9.17, 15) is 12.8 Å². The third-order valence-corrected chi connectivity index (χ3v) is 4.99. The third-order valence-electron chi connectivity index (χ3n) is 2.65. The summed E-state index contributed by atoms with van der Waals surface area (Å²) >= 11 is 11.2. The summed E-state index contributed by atoms with van der Waals surface area (Å²) in [5.74, 6) is -0.687. The van der Waals surface area contributed by atoms with Crippen LogP contribution in [0.3, 0.4) is 0 Å². The molecule has 0 spiro atoms. The molecule has 8 heteroatoms. The minimum absolute atomic E-state index is 0.144. The van der Waals surface area contributed by atoms with E-state index in [1.54, 1.807) is 0 Å². The molecule has 0 heterocycles. The van der Waals surface area contributed by atoms with Crippen molar-refractivity contribution in [2.45, 2.75) is 31.2 Å². The molecule has 114 valence electrons. The standard InChI is InChI=1S/C12H17Cl2FN2O2S/c1-7(2)5-8(6-16)17-20(18,19)10-4-3-9(13)12(15)11(10)14/h3-4,7-8,17H,5-6,16H2,1-2H3. The molecule has 0 aliphatic rings. The van der Waals surface area contributed by atoms with Gasteiger partial charge in [-0.1, -0.05) is 37.0 Å². The highest BCUT2D eigenvalue weighted by Crippen LogP contribution is 2.29. The second-order valence-corrected chi connectivity index (χ2v) is 7.32. The molecule has 0 bridgehead atoms. The molecule has 1 aromatic carbocycles. The molecule has 1 aromatic rings. The average molecular weight is 343 g/mol. The maximum absolute atomic E-state index is 13.6. The van der Waals surface area contributed by atoms with Crippen LogP contribution in [0.4, 0.5) is 4.39 Å². The smallest absolute Gasteiger partial charge is 0.242 e. The molecule has 20 heavy (non-hydrogen) atoms. The van der Waals surface area contributed by atoms with E-state index < -0.39 is 26.9 Å². The highest BCUT2D eigenvalue weighted by Gasteiger charge is 2.25. The first-order chi connectivity index (χ1) is 9.19. The third kappa shape index (κ3) is 4.30. The van der Waals surface area contributed by atoms with Crippen molar-refractivity contribution >= 4 is 33.2 Å². The molecule has 1 rings (SSSR count). The largest absolute Gasteiger partial charge is 0.329 e. The number of halogens is 3. The van der Waals surface area contributed by atoms with E-state index in [1.807, 2.05) is 13.8 Å². The molecule has 4 nitrogen and oxygen atoms in total. The Morgan fingerprint density at radius 3 is 2.45 bits per heavy atom. The summed E-state index contributed by atoms with van der Waals surface area (Å²) in [5.41, 5.74) is 5.54. The fraction of sp³-hybridized carbons (Fsp3) is 0.500. The fourth-order valence-electron chi connectivity index (χ4n) is 1.76. The van der Waals surface area contributed by atoms with Gasteiger partial charge in [0.25, 0.3) is 0 Å². The van der Waals surface area contributed by atoms with Crippen LogP contribution in [0, 0.1) is 11.7 Å². The van der Waals surface area contributed by atoms with Crippen LogP contribution in [0.1, 0.15) is 20.3 Å². The summed E-state index contributed by atoms with van der Waals surface area (Å²) in [7, 11) is -3.95. The predicted octanol–water partition coefficient (Wildman–Crippen LogP) is 2.78.